The first-order chi connectivity index (χ1) is 2.00. The van der Waals surface area contributed by atoms with Crippen molar-refractivity contribution in [3.8, 4) is 0 Å². The molecular formula is CHV4-. The first-order valence-corrected chi connectivity index (χ1v) is 4.46. The average molecular weight is 217 g/mol. The van der Waals surface area contributed by atoms with Gasteiger partial charge < -0.3 is 0 Å². The van der Waals surface area contributed by atoms with Crippen molar-refractivity contribution in [1.82, 2.24) is 0 Å². The number of hydrogen-bond donors (Lipinski definition) is 0. The topological polar surface area (TPSA) is 0 Å². The fourth-order valence-corrected chi connectivity index (χ4v) is 0. The van der Waals surface area contributed by atoms with Crippen molar-refractivity contribution in [3.05, 3.63) is 0 Å². The molecule has 4 heteroatoms. The average Bonchev–Trinajstić information content (AvgIpc) is 1.50. The normalized spacial score (nSPS) is 1.00. The van der Waals surface area contributed by atoms with Gasteiger partial charge in [0.1, 0.15) is 0 Å². The molecule has 0 bridgehead atoms. The molecule has 5 heavy (non-hydrogen) atoms. The van der Waals surface area contributed by atoms with Gasteiger partial charge in [0.05, 0.1) is 0 Å². The van der Waals surface area contributed by atoms with E-state index in [1.807, 2.05) is 17.0 Å². The van der Waals surface area contributed by atoms with Crippen LogP contribution >= 0.6 is 0 Å². The van der Waals surface area contributed by atoms with E-state index < -0.39 is 0 Å². The van der Waals surface area contributed by atoms with Gasteiger partial charge in [-0.2, -0.15) is 0 Å². The second-order valence-electron chi connectivity index (χ2n) is 0. The molecule has 0 aliphatic rings. The fraction of sp³-hybridized carbons (Fsp3) is 0. The van der Waals surface area contributed by atoms with Gasteiger partial charge in [0.15, 0.2) is 0 Å². The van der Waals surface area contributed by atoms with Gasteiger partial charge in [-0.05, 0) is 0 Å². The molecule has 0 aromatic carbocycles. The van der Waals surface area contributed by atoms with Crippen LogP contribution in [0.4, 0.5) is 0 Å². The Morgan fingerprint density at radius 1 is 1.00 bits per heavy atom. The van der Waals surface area contributed by atoms with E-state index in [0.717, 1.165) is 0 Å². The van der Waals surface area contributed by atoms with Crippen molar-refractivity contribution in [2.75, 3.05) is 0 Å². The summed E-state index contributed by atoms with van der Waals surface area (Å²) in [6.45, 7) is 0. The van der Waals surface area contributed by atoms with E-state index in [9.17, 15) is 0 Å². The molecule has 0 nitrogen and oxygen atoms in total. The van der Waals surface area contributed by atoms with Crippen LogP contribution in [0.3, 0.4) is 0 Å². The van der Waals surface area contributed by atoms with Gasteiger partial charge >= 0.3 is 51.5 Å². The molecule has 0 aromatic rings. The van der Waals surface area contributed by atoms with Gasteiger partial charge in [0, 0.05) is 18.6 Å². The minimum absolute atomic E-state index is 0. The Kier molecular flexibility index (Phi) is 108. The third-order valence-corrected chi connectivity index (χ3v) is 0. The van der Waals surface area contributed by atoms with Gasteiger partial charge in [0.25, 0.3) is 0 Å². The Balaban J connectivity index is -0.0000000133. The molecule has 0 aliphatic carbocycles. The Labute approximate surface area is 69.2 Å². The summed E-state index contributed by atoms with van der Waals surface area (Å²) in [6.07, 6.45) is 0. The molecule has 0 N–H and O–H groups in total. The molecular weight excluding hydrogens is 216 g/mol. The van der Waals surface area contributed by atoms with Gasteiger partial charge in [-0.25, -0.2) is 0 Å². The van der Waals surface area contributed by atoms with Gasteiger partial charge in [-0.15, -0.1) is 0 Å². The van der Waals surface area contributed by atoms with Gasteiger partial charge in [0.2, 0.25) is 0 Å². The predicted octanol–water partition coefficient (Wildman–Crippen LogP) is -0.165. The van der Waals surface area contributed by atoms with E-state index in [4.69, 9.17) is 0 Å². The summed E-state index contributed by atoms with van der Waals surface area (Å²) in [5, 5.41) is 4.44. The van der Waals surface area contributed by atoms with Crippen molar-refractivity contribution in [3.63, 3.8) is 0 Å². The minimum atomic E-state index is 0. The van der Waals surface area contributed by atoms with E-state index >= 15 is 0 Å². The molecule has 1 radical (unpaired) electrons. The molecule has 0 unspecified atom stereocenters. The van der Waals surface area contributed by atoms with Gasteiger partial charge in [-0.3, -0.25) is 0 Å². The molecule has 0 fully saturated rings. The Bertz CT molecular complexity index is 5.61. The molecule has 0 saturated carbocycles. The molecule has 0 spiro atoms. The number of hydrogen-bond acceptors (Lipinski definition) is 0. The van der Waals surface area contributed by atoms with Crippen molar-refractivity contribution in [2.45, 2.75) is 0 Å². The summed E-state index contributed by atoms with van der Waals surface area (Å²) < 4.78 is 0. The van der Waals surface area contributed by atoms with Crippen LogP contribution < -0.4 is 0 Å². The molecule has 0 aliphatic heterocycles. The van der Waals surface area contributed by atoms with Crippen LogP contribution in [0.2, 0.25) is 0 Å². The summed E-state index contributed by atoms with van der Waals surface area (Å²) in [5.74, 6) is 0. The summed E-state index contributed by atoms with van der Waals surface area (Å²) in [4.78, 5) is 0. The first-order valence-electron chi connectivity index (χ1n) is 0.458. The number of rotatable bonds is 0. The molecule has 0 rings (SSSR count). The zero-order valence-corrected chi connectivity index (χ0v) is 7.95. The third-order valence-electron chi connectivity index (χ3n) is 0. The third kappa shape index (κ3) is 22.5. The van der Waals surface area contributed by atoms with Crippen LogP contribution in [0.5, 0.6) is 0 Å². The van der Waals surface area contributed by atoms with Crippen LogP contribution in [0.1, 0.15) is 0 Å². The second-order valence-corrected chi connectivity index (χ2v) is 0. The first kappa shape index (κ1) is 15.7. The van der Waals surface area contributed by atoms with Crippen LogP contribution in [0.25, 0.3) is 0 Å². The maximum absolute atomic E-state index is 4.44. The van der Waals surface area contributed by atoms with E-state index in [-0.39, 0.29) is 18.6 Å². The van der Waals surface area contributed by atoms with Crippen LogP contribution in [-0.2, 0) is 64.8 Å². The van der Waals surface area contributed by atoms with Crippen molar-refractivity contribution in [1.29, 1.82) is 0 Å². The second kappa shape index (κ2) is 34.5. The maximum atomic E-state index is 4.44. The molecule has 0 heterocycles. The predicted molar refractivity (Wildman–Crippen MR) is 6.06 cm³/mol. The monoisotopic (exact) mass is 217 g/mol. The molecule has 0 atom stereocenters. The Hall–Kier alpha value is 2.21. The Morgan fingerprint density at radius 2 is 1.00 bits per heavy atom. The van der Waals surface area contributed by atoms with E-state index in [1.165, 1.54) is 0 Å². The molecule has 0 aromatic heterocycles. The van der Waals surface area contributed by atoms with Crippen molar-refractivity contribution in [2.24, 2.45) is 0 Å². The van der Waals surface area contributed by atoms with Crippen LogP contribution in [0.15, 0.2) is 0 Å². The summed E-state index contributed by atoms with van der Waals surface area (Å²) in [7, 11) is 0. The summed E-state index contributed by atoms with van der Waals surface area (Å²) in [6, 6.07) is 0. The van der Waals surface area contributed by atoms with E-state index in [0.29, 0.717) is 0 Å². The quantitative estimate of drug-likeness (QED) is 0.494. The zero-order valence-electron chi connectivity index (χ0n) is 2.37. The summed E-state index contributed by atoms with van der Waals surface area (Å²) in [5.41, 5.74) is 0. The van der Waals surface area contributed by atoms with Crippen LogP contribution in [-0.4, -0.2) is 5.23 Å². The zero-order chi connectivity index (χ0) is 4.00. The summed E-state index contributed by atoms with van der Waals surface area (Å²) >= 11 is 6.31. The van der Waals surface area contributed by atoms with E-state index in [1.54, 1.807) is 0 Å². The van der Waals surface area contributed by atoms with Crippen molar-refractivity contribution >= 4 is 5.23 Å². The van der Waals surface area contributed by atoms with Crippen molar-refractivity contribution < 1.29 is 64.8 Å². The SMILES string of the molecule is [CH-]=[V].[V].[V]=[V]. The molecule has 0 saturated heterocycles. The molecule has 26 valence electrons. The Morgan fingerprint density at radius 3 is 1.00 bits per heavy atom. The standard InChI is InChI=1S/CH.4V/h1H;;;;/q-1;;;;. The van der Waals surface area contributed by atoms with E-state index in [2.05, 4.69) is 34.5 Å². The fourth-order valence-electron chi connectivity index (χ4n) is 0. The molecule has 0 amide bonds. The van der Waals surface area contributed by atoms with Crippen LogP contribution in [0, 0.1) is 0 Å². The van der Waals surface area contributed by atoms with Gasteiger partial charge in [-0.1, -0.05) is 0 Å².